The number of unbranched alkanes of at least 4 members (excludes halogenated alkanes) is 1. The third-order valence-electron chi connectivity index (χ3n) is 4.41. The number of methoxy groups -OCH3 is 1. The lowest BCUT2D eigenvalue weighted by Crippen LogP contribution is -2.38. The van der Waals surface area contributed by atoms with E-state index in [1.54, 1.807) is 0 Å². The predicted molar refractivity (Wildman–Crippen MR) is 87.8 cm³/mol. The highest BCUT2D eigenvalue weighted by molar-refractivity contribution is 6.72. The number of hydrogen-bond acceptors (Lipinski definition) is 6. The highest BCUT2D eigenvalue weighted by atomic mass is 28.4. The molecule has 0 aromatic carbocycles. The lowest BCUT2D eigenvalue weighted by atomic mass is 10.1. The van der Waals surface area contributed by atoms with Crippen LogP contribution in [0.15, 0.2) is 6.20 Å². The molecule has 0 aliphatic carbocycles. The van der Waals surface area contributed by atoms with Crippen molar-refractivity contribution in [1.29, 1.82) is 0 Å². The summed E-state index contributed by atoms with van der Waals surface area (Å²) in [6, 6.07) is 0. The van der Waals surface area contributed by atoms with Gasteiger partial charge in [0.05, 0.1) is 12.0 Å². The van der Waals surface area contributed by atoms with Gasteiger partial charge in [-0.25, -0.2) is 4.79 Å². The number of carbonyl (C=O) groups excluding carboxylic acids is 1. The van der Waals surface area contributed by atoms with Gasteiger partial charge in [-0.1, -0.05) is 20.3 Å². The van der Waals surface area contributed by atoms with E-state index in [0.717, 1.165) is 26.4 Å². The second kappa shape index (κ2) is 7.22. The lowest BCUT2D eigenvalue weighted by molar-refractivity contribution is -0.385. The molecule has 130 valence electrons. The van der Waals surface area contributed by atoms with Crippen molar-refractivity contribution in [2.45, 2.75) is 57.8 Å². The van der Waals surface area contributed by atoms with Gasteiger partial charge in [0, 0.05) is 6.54 Å². The SMILES string of the molecule is COC(=O)c1nn(CCCCC(C)(C)[Si](C)(C)O)cc1[N+](=O)[O-]. The van der Waals surface area contributed by atoms with Gasteiger partial charge >= 0.3 is 11.7 Å². The Morgan fingerprint density at radius 1 is 1.48 bits per heavy atom. The Morgan fingerprint density at radius 2 is 2.09 bits per heavy atom. The molecule has 0 amide bonds. The first-order valence-corrected chi connectivity index (χ1v) is 10.5. The molecule has 0 aliphatic heterocycles. The second-order valence-corrected chi connectivity index (χ2v) is 11.2. The molecule has 23 heavy (non-hydrogen) atoms. The fraction of sp³-hybridized carbons (Fsp3) is 0.714. The molecule has 1 aromatic rings. The van der Waals surface area contributed by atoms with Gasteiger partial charge in [-0.05, 0) is 31.0 Å². The first kappa shape index (κ1) is 19.3. The number of aromatic nitrogens is 2. The van der Waals surface area contributed by atoms with Crippen molar-refractivity contribution in [1.82, 2.24) is 9.78 Å². The molecule has 0 spiro atoms. The fourth-order valence-electron chi connectivity index (χ4n) is 2.05. The molecule has 1 heterocycles. The van der Waals surface area contributed by atoms with Crippen LogP contribution in [-0.2, 0) is 11.3 Å². The lowest BCUT2D eigenvalue weighted by Gasteiger charge is -2.35. The van der Waals surface area contributed by atoms with Gasteiger partial charge in [0.25, 0.3) is 0 Å². The molecule has 8 nitrogen and oxygen atoms in total. The summed E-state index contributed by atoms with van der Waals surface area (Å²) in [7, 11) is -1.07. The van der Waals surface area contributed by atoms with Crippen molar-refractivity contribution in [2.24, 2.45) is 0 Å². The molecule has 0 saturated heterocycles. The van der Waals surface area contributed by atoms with Crippen LogP contribution in [0.4, 0.5) is 5.69 Å². The number of rotatable bonds is 8. The fourth-order valence-corrected chi connectivity index (χ4v) is 2.84. The molecule has 1 aromatic heterocycles. The topological polar surface area (TPSA) is 107 Å². The Kier molecular flexibility index (Phi) is 6.06. The maximum Gasteiger partial charge on any atom is 0.365 e. The number of carbonyl (C=O) groups is 1. The molecule has 9 heteroatoms. The zero-order chi connectivity index (χ0) is 17.8. The van der Waals surface area contributed by atoms with Crippen molar-refractivity contribution >= 4 is 20.0 Å². The molecule has 0 aliphatic rings. The van der Waals surface area contributed by atoms with Gasteiger partial charge in [-0.3, -0.25) is 14.8 Å². The van der Waals surface area contributed by atoms with E-state index >= 15 is 0 Å². The Balaban J connectivity index is 2.66. The van der Waals surface area contributed by atoms with Crippen molar-refractivity contribution in [3.05, 3.63) is 22.0 Å². The smallest absolute Gasteiger partial charge is 0.365 e. The third kappa shape index (κ3) is 4.86. The molecular formula is C14H25N3O5Si. The highest BCUT2D eigenvalue weighted by Crippen LogP contribution is 2.40. The molecule has 0 saturated carbocycles. The summed E-state index contributed by atoms with van der Waals surface area (Å²) in [5, 5.41) is 14.8. The monoisotopic (exact) mass is 343 g/mol. The van der Waals surface area contributed by atoms with Gasteiger partial charge in [-0.15, -0.1) is 0 Å². The van der Waals surface area contributed by atoms with Gasteiger partial charge in [-0.2, -0.15) is 5.10 Å². The average molecular weight is 343 g/mol. The van der Waals surface area contributed by atoms with E-state index in [0.29, 0.717) is 6.54 Å². The molecule has 0 fully saturated rings. The summed E-state index contributed by atoms with van der Waals surface area (Å²) in [6.45, 7) is 8.45. The maximum atomic E-state index is 11.5. The van der Waals surface area contributed by atoms with E-state index in [9.17, 15) is 19.7 Å². The molecule has 0 unspecified atom stereocenters. The normalized spacial score (nSPS) is 12.3. The van der Waals surface area contributed by atoms with Crippen LogP contribution in [0.5, 0.6) is 0 Å². The summed E-state index contributed by atoms with van der Waals surface area (Å²) in [5.41, 5.74) is -0.622. The van der Waals surface area contributed by atoms with Crippen molar-refractivity contribution < 1.29 is 19.3 Å². The Bertz CT molecular complexity index is 577. The van der Waals surface area contributed by atoms with Gasteiger partial charge in [0.15, 0.2) is 8.32 Å². The Morgan fingerprint density at radius 3 is 2.57 bits per heavy atom. The minimum atomic E-state index is -2.23. The summed E-state index contributed by atoms with van der Waals surface area (Å²) in [5.74, 6) is -0.815. The zero-order valence-corrected chi connectivity index (χ0v) is 15.3. The number of hydrogen-bond donors (Lipinski definition) is 1. The van der Waals surface area contributed by atoms with Gasteiger partial charge in [0.1, 0.15) is 6.20 Å². The molecular weight excluding hydrogens is 318 g/mol. The average Bonchev–Trinajstić information content (AvgIpc) is 2.86. The second-order valence-electron chi connectivity index (χ2n) is 6.77. The molecule has 0 bridgehead atoms. The molecule has 1 rings (SSSR count). The number of nitro groups is 1. The summed E-state index contributed by atoms with van der Waals surface area (Å²) < 4.78 is 5.91. The van der Waals surface area contributed by atoms with Crippen LogP contribution in [0.3, 0.4) is 0 Å². The predicted octanol–water partition coefficient (Wildman–Crippen LogP) is 2.73. The number of aryl methyl sites for hydroxylation is 1. The summed E-state index contributed by atoms with van der Waals surface area (Å²) in [6.07, 6.45) is 3.75. The minimum Gasteiger partial charge on any atom is -0.464 e. The van der Waals surface area contributed by atoms with E-state index in [1.807, 2.05) is 13.1 Å². The quantitative estimate of drug-likeness (QED) is 0.256. The van der Waals surface area contributed by atoms with Crippen LogP contribution >= 0.6 is 0 Å². The van der Waals surface area contributed by atoms with Crippen LogP contribution < -0.4 is 0 Å². The standard InChI is InChI=1S/C14H25N3O5Si/c1-14(2,23(4,5)21)8-6-7-9-16-10-11(17(19)20)12(15-16)13(18)22-3/h10,21H,6-9H2,1-5H3. The van der Waals surface area contributed by atoms with Gasteiger partial charge in [0.2, 0.25) is 5.69 Å². The number of ether oxygens (including phenoxy) is 1. The van der Waals surface area contributed by atoms with E-state index in [4.69, 9.17) is 0 Å². The molecule has 1 N–H and O–H groups in total. The Labute approximate surface area is 136 Å². The van der Waals surface area contributed by atoms with Gasteiger partial charge < -0.3 is 9.53 Å². The van der Waals surface area contributed by atoms with Crippen LogP contribution in [-0.4, -0.2) is 40.9 Å². The van der Waals surface area contributed by atoms with Crippen LogP contribution in [0.25, 0.3) is 0 Å². The molecule has 0 atom stereocenters. The largest absolute Gasteiger partial charge is 0.464 e. The minimum absolute atomic E-state index is 0.0969. The van der Waals surface area contributed by atoms with E-state index in [-0.39, 0.29) is 16.4 Å². The Hall–Kier alpha value is -1.74. The zero-order valence-electron chi connectivity index (χ0n) is 14.3. The first-order valence-electron chi connectivity index (χ1n) is 7.52. The van der Waals surface area contributed by atoms with E-state index in [1.165, 1.54) is 10.9 Å². The molecule has 0 radical (unpaired) electrons. The van der Waals surface area contributed by atoms with Crippen molar-refractivity contribution in [3.8, 4) is 0 Å². The number of nitrogens with zero attached hydrogens (tertiary/aromatic N) is 3. The number of esters is 1. The van der Waals surface area contributed by atoms with E-state index in [2.05, 4.69) is 23.7 Å². The summed E-state index contributed by atoms with van der Waals surface area (Å²) >= 11 is 0. The first-order chi connectivity index (χ1) is 10.5. The van der Waals surface area contributed by atoms with Crippen LogP contribution in [0.1, 0.15) is 43.6 Å². The third-order valence-corrected chi connectivity index (χ3v) is 7.98. The van der Waals surface area contributed by atoms with Crippen molar-refractivity contribution in [3.63, 3.8) is 0 Å². The summed E-state index contributed by atoms with van der Waals surface area (Å²) in [4.78, 5) is 32.1. The highest BCUT2D eigenvalue weighted by Gasteiger charge is 2.37. The van der Waals surface area contributed by atoms with E-state index < -0.39 is 19.2 Å². The van der Waals surface area contributed by atoms with Crippen LogP contribution in [0.2, 0.25) is 18.1 Å². The van der Waals surface area contributed by atoms with Crippen LogP contribution in [0, 0.1) is 10.1 Å². The van der Waals surface area contributed by atoms with Crippen molar-refractivity contribution in [2.75, 3.05) is 7.11 Å². The maximum absolute atomic E-state index is 11.5.